The minimum atomic E-state index is -1.19. The second-order valence-electron chi connectivity index (χ2n) is 6.99. The Labute approximate surface area is 164 Å². The van der Waals surface area contributed by atoms with Gasteiger partial charge >= 0.3 is 5.97 Å². The molecule has 0 spiro atoms. The smallest absolute Gasteiger partial charge is 0.315 e. The second kappa shape index (κ2) is 8.25. The number of benzene rings is 2. The highest BCUT2D eigenvalue weighted by Gasteiger charge is 2.39. The summed E-state index contributed by atoms with van der Waals surface area (Å²) < 4.78 is 0. The highest BCUT2D eigenvalue weighted by Crippen LogP contribution is 2.28. The fourth-order valence-corrected chi connectivity index (χ4v) is 3.61. The maximum absolute atomic E-state index is 12.7. The molecular weight excluding hydrogens is 356 g/mol. The van der Waals surface area contributed by atoms with Gasteiger partial charge in [-0.15, -0.1) is 0 Å². The van der Waals surface area contributed by atoms with Crippen LogP contribution in [0, 0.1) is 0 Å². The summed E-state index contributed by atoms with van der Waals surface area (Å²) >= 11 is 0. The number of carbonyl (C=O) groups excluding carboxylic acids is 2. The normalized spacial score (nSPS) is 15.9. The van der Waals surface area contributed by atoms with Gasteiger partial charge < -0.3 is 15.3 Å². The van der Waals surface area contributed by atoms with Gasteiger partial charge in [-0.05, 0) is 36.6 Å². The summed E-state index contributed by atoms with van der Waals surface area (Å²) in [5.74, 6) is -1.28. The van der Waals surface area contributed by atoms with Crippen molar-refractivity contribution in [2.75, 3.05) is 18.0 Å². The first kappa shape index (κ1) is 19.6. The van der Waals surface area contributed by atoms with Gasteiger partial charge in [-0.25, -0.2) is 0 Å². The van der Waals surface area contributed by atoms with Crippen LogP contribution < -0.4 is 10.2 Å². The Morgan fingerprint density at radius 3 is 2.50 bits per heavy atom. The van der Waals surface area contributed by atoms with Gasteiger partial charge in [0.15, 0.2) is 0 Å². The van der Waals surface area contributed by atoms with E-state index in [0.29, 0.717) is 36.2 Å². The van der Waals surface area contributed by atoms with Crippen molar-refractivity contribution in [2.45, 2.75) is 31.6 Å². The van der Waals surface area contributed by atoms with E-state index in [4.69, 9.17) is 0 Å². The van der Waals surface area contributed by atoms with Crippen LogP contribution in [0.3, 0.4) is 0 Å². The monoisotopic (exact) mass is 380 g/mol. The molecule has 146 valence electrons. The van der Waals surface area contributed by atoms with E-state index >= 15 is 0 Å². The molecule has 0 saturated carbocycles. The standard InChI is InChI=1S/C22H24N2O4/c1-2-22(21(27)28,17-9-4-3-5-10-17)15-23-20(26)16-8-6-11-18(14-16)24-13-7-12-19(24)25/h3-6,8-11,14H,2,7,12-13,15H2,1H3,(H,23,26)(H,27,28). The van der Waals surface area contributed by atoms with E-state index in [1.807, 2.05) is 6.07 Å². The number of rotatable bonds is 7. The van der Waals surface area contributed by atoms with Gasteiger partial charge in [0, 0.05) is 30.8 Å². The van der Waals surface area contributed by atoms with Gasteiger partial charge in [-0.2, -0.15) is 0 Å². The molecule has 1 aliphatic heterocycles. The average Bonchev–Trinajstić information content (AvgIpc) is 3.15. The van der Waals surface area contributed by atoms with E-state index in [1.165, 1.54) is 0 Å². The van der Waals surface area contributed by atoms with Crippen molar-refractivity contribution in [1.29, 1.82) is 0 Å². The molecule has 2 aromatic carbocycles. The topological polar surface area (TPSA) is 86.7 Å². The van der Waals surface area contributed by atoms with E-state index in [2.05, 4.69) is 5.32 Å². The van der Waals surface area contributed by atoms with Crippen LogP contribution in [0.2, 0.25) is 0 Å². The van der Waals surface area contributed by atoms with Gasteiger partial charge in [-0.1, -0.05) is 43.3 Å². The molecule has 6 nitrogen and oxygen atoms in total. The van der Waals surface area contributed by atoms with Crippen LogP contribution in [0.15, 0.2) is 54.6 Å². The van der Waals surface area contributed by atoms with Gasteiger partial charge in [-0.3, -0.25) is 14.4 Å². The number of carboxylic acids is 1. The van der Waals surface area contributed by atoms with Crippen molar-refractivity contribution in [3.63, 3.8) is 0 Å². The maximum Gasteiger partial charge on any atom is 0.315 e. The van der Waals surface area contributed by atoms with Crippen molar-refractivity contribution < 1.29 is 19.5 Å². The summed E-state index contributed by atoms with van der Waals surface area (Å²) in [7, 11) is 0. The van der Waals surface area contributed by atoms with Crippen LogP contribution in [0.25, 0.3) is 0 Å². The van der Waals surface area contributed by atoms with Crippen molar-refractivity contribution in [3.8, 4) is 0 Å². The molecule has 6 heteroatoms. The van der Waals surface area contributed by atoms with E-state index in [9.17, 15) is 19.5 Å². The highest BCUT2D eigenvalue weighted by molar-refractivity contribution is 5.99. The summed E-state index contributed by atoms with van der Waals surface area (Å²) in [6, 6.07) is 15.8. The summed E-state index contributed by atoms with van der Waals surface area (Å²) in [6.07, 6.45) is 1.67. The van der Waals surface area contributed by atoms with Gasteiger partial charge in [0.1, 0.15) is 5.41 Å². The number of nitrogens with zero attached hydrogens (tertiary/aromatic N) is 1. The van der Waals surface area contributed by atoms with Crippen LogP contribution in [0.4, 0.5) is 5.69 Å². The van der Waals surface area contributed by atoms with Gasteiger partial charge in [0.05, 0.1) is 0 Å². The zero-order valence-corrected chi connectivity index (χ0v) is 15.9. The molecule has 2 amide bonds. The molecule has 0 radical (unpaired) electrons. The van der Waals surface area contributed by atoms with E-state index in [-0.39, 0.29) is 18.4 Å². The van der Waals surface area contributed by atoms with Crippen LogP contribution >= 0.6 is 0 Å². The van der Waals surface area contributed by atoms with Crippen LogP contribution in [0.5, 0.6) is 0 Å². The quantitative estimate of drug-likeness (QED) is 0.773. The predicted molar refractivity (Wildman–Crippen MR) is 106 cm³/mol. The SMILES string of the molecule is CCC(CNC(=O)c1cccc(N2CCCC2=O)c1)(C(=O)O)c1ccccc1. The van der Waals surface area contributed by atoms with Gasteiger partial charge in [0.25, 0.3) is 5.91 Å². The fourth-order valence-electron chi connectivity index (χ4n) is 3.61. The van der Waals surface area contributed by atoms with Crippen molar-refractivity contribution in [1.82, 2.24) is 5.32 Å². The molecule has 1 saturated heterocycles. The predicted octanol–water partition coefficient (Wildman–Crippen LogP) is 2.98. The number of anilines is 1. The number of aliphatic carboxylic acids is 1. The van der Waals surface area contributed by atoms with Crippen molar-refractivity contribution in [2.24, 2.45) is 0 Å². The second-order valence-corrected chi connectivity index (χ2v) is 6.99. The number of hydrogen-bond donors (Lipinski definition) is 2. The number of carboxylic acid groups (broad SMARTS) is 1. The molecular formula is C22H24N2O4. The molecule has 1 aliphatic rings. The number of nitrogens with one attached hydrogen (secondary N) is 1. The van der Waals surface area contributed by atoms with E-state index in [1.54, 1.807) is 60.4 Å². The third-order valence-corrected chi connectivity index (χ3v) is 5.38. The molecule has 0 aliphatic carbocycles. The molecule has 0 aromatic heterocycles. The lowest BCUT2D eigenvalue weighted by Gasteiger charge is -2.29. The molecule has 1 heterocycles. The number of carbonyl (C=O) groups is 3. The van der Waals surface area contributed by atoms with Gasteiger partial charge in [0.2, 0.25) is 5.91 Å². The minimum Gasteiger partial charge on any atom is -0.481 e. The molecule has 1 fully saturated rings. The lowest BCUT2D eigenvalue weighted by molar-refractivity contribution is -0.143. The van der Waals surface area contributed by atoms with E-state index in [0.717, 1.165) is 6.42 Å². The summed E-state index contributed by atoms with van der Waals surface area (Å²) in [4.78, 5) is 38.4. The Morgan fingerprint density at radius 2 is 1.89 bits per heavy atom. The maximum atomic E-state index is 12.7. The highest BCUT2D eigenvalue weighted by atomic mass is 16.4. The average molecular weight is 380 g/mol. The first-order chi connectivity index (χ1) is 13.5. The third kappa shape index (κ3) is 3.76. The summed E-state index contributed by atoms with van der Waals surface area (Å²) in [6.45, 7) is 2.43. The molecule has 2 N–H and O–H groups in total. The molecule has 0 bridgehead atoms. The molecule has 28 heavy (non-hydrogen) atoms. The Balaban J connectivity index is 1.78. The fraction of sp³-hybridized carbons (Fsp3) is 0.318. The molecule has 1 unspecified atom stereocenters. The Bertz CT molecular complexity index is 881. The first-order valence-electron chi connectivity index (χ1n) is 9.45. The zero-order valence-electron chi connectivity index (χ0n) is 15.9. The Kier molecular flexibility index (Phi) is 5.78. The van der Waals surface area contributed by atoms with Crippen molar-refractivity contribution >= 4 is 23.5 Å². The first-order valence-corrected chi connectivity index (χ1v) is 9.45. The number of hydrogen-bond acceptors (Lipinski definition) is 3. The molecule has 2 aromatic rings. The van der Waals surface area contributed by atoms with E-state index < -0.39 is 11.4 Å². The van der Waals surface area contributed by atoms with Crippen LogP contribution in [0.1, 0.15) is 42.1 Å². The largest absolute Gasteiger partial charge is 0.481 e. The summed E-state index contributed by atoms with van der Waals surface area (Å²) in [5.41, 5.74) is 0.556. The van der Waals surface area contributed by atoms with Crippen LogP contribution in [-0.4, -0.2) is 36.0 Å². The molecule has 1 atom stereocenters. The Morgan fingerprint density at radius 1 is 1.14 bits per heavy atom. The van der Waals surface area contributed by atoms with Crippen LogP contribution in [-0.2, 0) is 15.0 Å². The summed E-state index contributed by atoms with van der Waals surface area (Å²) in [5, 5.41) is 12.7. The lowest BCUT2D eigenvalue weighted by atomic mass is 9.78. The Hall–Kier alpha value is -3.15. The molecule has 3 rings (SSSR count). The zero-order chi connectivity index (χ0) is 20.1. The lowest BCUT2D eigenvalue weighted by Crippen LogP contribution is -2.46. The van der Waals surface area contributed by atoms with Crippen molar-refractivity contribution in [3.05, 3.63) is 65.7 Å². The minimum absolute atomic E-state index is 0.0193. The number of amides is 2. The third-order valence-electron chi connectivity index (χ3n) is 5.38.